The lowest BCUT2D eigenvalue weighted by Gasteiger charge is -2.09. The first kappa shape index (κ1) is 11.4. The van der Waals surface area contributed by atoms with Crippen LogP contribution in [0.25, 0.3) is 0 Å². The molecular formula is C15H15NO. The summed E-state index contributed by atoms with van der Waals surface area (Å²) in [4.78, 5) is 11.4. The lowest BCUT2D eigenvalue weighted by atomic mass is 10.1. The summed E-state index contributed by atoms with van der Waals surface area (Å²) in [5.74, 6) is 0.0844. The quantitative estimate of drug-likeness (QED) is 0.807. The van der Waals surface area contributed by atoms with Crippen molar-refractivity contribution in [2.24, 2.45) is 0 Å². The zero-order chi connectivity index (χ0) is 12.1. The maximum absolute atomic E-state index is 11.4. The molecule has 0 atom stereocenters. The zero-order valence-corrected chi connectivity index (χ0v) is 9.81. The van der Waals surface area contributed by atoms with E-state index >= 15 is 0 Å². The molecule has 2 aromatic carbocycles. The van der Waals surface area contributed by atoms with E-state index in [0.717, 1.165) is 17.8 Å². The number of rotatable bonds is 4. The smallest absolute Gasteiger partial charge is 0.161 e. The Kier molecular flexibility index (Phi) is 3.55. The highest BCUT2D eigenvalue weighted by Crippen LogP contribution is 2.16. The normalized spacial score (nSPS) is 9.94. The minimum atomic E-state index is 0.0844. The van der Waals surface area contributed by atoms with E-state index in [1.54, 1.807) is 6.92 Å². The van der Waals surface area contributed by atoms with Gasteiger partial charge in [-0.3, -0.25) is 4.79 Å². The van der Waals surface area contributed by atoms with Crippen LogP contribution in [0.15, 0.2) is 54.6 Å². The van der Waals surface area contributed by atoms with Gasteiger partial charge in [0, 0.05) is 17.8 Å². The predicted octanol–water partition coefficient (Wildman–Crippen LogP) is 3.50. The van der Waals surface area contributed by atoms with Crippen molar-refractivity contribution in [3.63, 3.8) is 0 Å². The van der Waals surface area contributed by atoms with Gasteiger partial charge in [0.05, 0.1) is 0 Å². The van der Waals surface area contributed by atoms with Crippen molar-refractivity contribution >= 4 is 11.5 Å². The fourth-order valence-corrected chi connectivity index (χ4v) is 1.74. The molecule has 0 saturated carbocycles. The second kappa shape index (κ2) is 5.30. The van der Waals surface area contributed by atoms with E-state index in [9.17, 15) is 4.79 Å². The van der Waals surface area contributed by atoms with Crippen molar-refractivity contribution < 1.29 is 4.79 Å². The highest BCUT2D eigenvalue weighted by Gasteiger charge is 2.05. The van der Waals surface area contributed by atoms with Gasteiger partial charge in [-0.15, -0.1) is 0 Å². The molecule has 0 aliphatic heterocycles. The van der Waals surface area contributed by atoms with Crippen molar-refractivity contribution in [1.29, 1.82) is 0 Å². The Hall–Kier alpha value is -2.09. The number of benzene rings is 2. The van der Waals surface area contributed by atoms with Gasteiger partial charge in [0.25, 0.3) is 0 Å². The van der Waals surface area contributed by atoms with Crippen LogP contribution in [0.3, 0.4) is 0 Å². The fraction of sp³-hybridized carbons (Fsp3) is 0.133. The average molecular weight is 225 g/mol. The van der Waals surface area contributed by atoms with Crippen LogP contribution in [0.1, 0.15) is 22.8 Å². The Bertz CT molecular complexity index is 505. The average Bonchev–Trinajstić information content (AvgIpc) is 2.38. The monoisotopic (exact) mass is 225 g/mol. The van der Waals surface area contributed by atoms with Crippen LogP contribution in [-0.4, -0.2) is 5.78 Å². The largest absolute Gasteiger partial charge is 0.380 e. The Morgan fingerprint density at radius 2 is 1.65 bits per heavy atom. The predicted molar refractivity (Wildman–Crippen MR) is 70.2 cm³/mol. The molecule has 2 nitrogen and oxygen atoms in total. The maximum Gasteiger partial charge on any atom is 0.161 e. The molecule has 86 valence electrons. The van der Waals surface area contributed by atoms with Crippen LogP contribution in [0.4, 0.5) is 5.69 Å². The number of anilines is 1. The number of hydrogen-bond acceptors (Lipinski definition) is 2. The molecule has 0 saturated heterocycles. The molecule has 0 aliphatic rings. The molecule has 0 unspecified atom stereocenters. The molecule has 2 rings (SSSR count). The van der Waals surface area contributed by atoms with E-state index in [2.05, 4.69) is 17.4 Å². The fourth-order valence-electron chi connectivity index (χ4n) is 1.74. The molecule has 2 aromatic rings. The molecular weight excluding hydrogens is 210 g/mol. The number of nitrogens with one attached hydrogen (secondary N) is 1. The van der Waals surface area contributed by atoms with Crippen molar-refractivity contribution in [3.8, 4) is 0 Å². The molecule has 1 N–H and O–H groups in total. The van der Waals surface area contributed by atoms with Gasteiger partial charge in [0.2, 0.25) is 0 Å². The first-order valence-corrected chi connectivity index (χ1v) is 5.65. The highest BCUT2D eigenvalue weighted by atomic mass is 16.1. The summed E-state index contributed by atoms with van der Waals surface area (Å²) in [6.07, 6.45) is 0. The number of para-hydroxylation sites is 1. The number of hydrogen-bond donors (Lipinski definition) is 1. The minimum Gasteiger partial charge on any atom is -0.380 e. The van der Waals surface area contributed by atoms with E-state index in [1.165, 1.54) is 5.56 Å². The first-order chi connectivity index (χ1) is 8.27. The van der Waals surface area contributed by atoms with Crippen molar-refractivity contribution in [2.75, 3.05) is 5.32 Å². The lowest BCUT2D eigenvalue weighted by Crippen LogP contribution is -2.04. The summed E-state index contributed by atoms with van der Waals surface area (Å²) >= 11 is 0. The van der Waals surface area contributed by atoms with Gasteiger partial charge in [-0.25, -0.2) is 0 Å². The molecule has 0 spiro atoms. The number of Topliss-reactive ketones (excluding diaryl/α,β-unsaturated/α-hetero) is 1. The van der Waals surface area contributed by atoms with Crippen molar-refractivity contribution in [2.45, 2.75) is 13.5 Å². The van der Waals surface area contributed by atoms with Gasteiger partial charge >= 0.3 is 0 Å². The number of carbonyl (C=O) groups is 1. The van der Waals surface area contributed by atoms with E-state index in [0.29, 0.717) is 0 Å². The van der Waals surface area contributed by atoms with Gasteiger partial charge in [-0.1, -0.05) is 42.5 Å². The second-order valence-corrected chi connectivity index (χ2v) is 3.94. The number of ketones is 1. The highest BCUT2D eigenvalue weighted by molar-refractivity contribution is 5.99. The molecule has 17 heavy (non-hydrogen) atoms. The lowest BCUT2D eigenvalue weighted by molar-refractivity contribution is 0.101. The third-order valence-electron chi connectivity index (χ3n) is 2.63. The SMILES string of the molecule is CC(=O)c1ccccc1NCc1ccccc1. The van der Waals surface area contributed by atoms with Crippen molar-refractivity contribution in [1.82, 2.24) is 0 Å². The number of carbonyl (C=O) groups excluding carboxylic acids is 1. The summed E-state index contributed by atoms with van der Waals surface area (Å²) in [7, 11) is 0. The maximum atomic E-state index is 11.4. The molecule has 0 amide bonds. The molecule has 0 bridgehead atoms. The Morgan fingerprint density at radius 3 is 2.35 bits per heavy atom. The zero-order valence-electron chi connectivity index (χ0n) is 9.81. The van der Waals surface area contributed by atoms with E-state index in [-0.39, 0.29) is 5.78 Å². The summed E-state index contributed by atoms with van der Waals surface area (Å²) in [5, 5.41) is 3.29. The molecule has 0 aromatic heterocycles. The van der Waals surface area contributed by atoms with E-state index < -0.39 is 0 Å². The first-order valence-electron chi connectivity index (χ1n) is 5.65. The summed E-state index contributed by atoms with van der Waals surface area (Å²) in [6.45, 7) is 2.31. The van der Waals surface area contributed by atoms with E-state index in [1.807, 2.05) is 42.5 Å². The van der Waals surface area contributed by atoms with Crippen molar-refractivity contribution in [3.05, 3.63) is 65.7 Å². The van der Waals surface area contributed by atoms with Gasteiger partial charge in [0.15, 0.2) is 5.78 Å². The van der Waals surface area contributed by atoms with Gasteiger partial charge < -0.3 is 5.32 Å². The van der Waals surface area contributed by atoms with Gasteiger partial charge in [-0.2, -0.15) is 0 Å². The minimum absolute atomic E-state index is 0.0844. The summed E-state index contributed by atoms with van der Waals surface area (Å²) < 4.78 is 0. The third-order valence-corrected chi connectivity index (χ3v) is 2.63. The van der Waals surface area contributed by atoms with Crippen LogP contribution in [-0.2, 0) is 6.54 Å². The second-order valence-electron chi connectivity index (χ2n) is 3.94. The molecule has 2 heteroatoms. The standard InChI is InChI=1S/C15H15NO/c1-12(17)14-9-5-6-10-15(14)16-11-13-7-3-2-4-8-13/h2-10,16H,11H2,1H3. The Morgan fingerprint density at radius 1 is 1.00 bits per heavy atom. The topological polar surface area (TPSA) is 29.1 Å². The van der Waals surface area contributed by atoms with Crippen LogP contribution < -0.4 is 5.32 Å². The summed E-state index contributed by atoms with van der Waals surface area (Å²) in [6, 6.07) is 17.7. The Labute approximate surface area is 101 Å². The van der Waals surface area contributed by atoms with Gasteiger partial charge in [-0.05, 0) is 24.6 Å². The Balaban J connectivity index is 2.12. The molecule has 0 fully saturated rings. The van der Waals surface area contributed by atoms with Crippen LogP contribution >= 0.6 is 0 Å². The van der Waals surface area contributed by atoms with E-state index in [4.69, 9.17) is 0 Å². The van der Waals surface area contributed by atoms with Crippen LogP contribution in [0, 0.1) is 0 Å². The van der Waals surface area contributed by atoms with Crippen LogP contribution in [0.5, 0.6) is 0 Å². The van der Waals surface area contributed by atoms with Crippen LogP contribution in [0.2, 0.25) is 0 Å². The summed E-state index contributed by atoms with van der Waals surface area (Å²) in [5.41, 5.74) is 2.83. The molecule has 0 heterocycles. The van der Waals surface area contributed by atoms with Gasteiger partial charge in [0.1, 0.15) is 0 Å². The molecule has 0 radical (unpaired) electrons. The molecule has 0 aliphatic carbocycles. The third kappa shape index (κ3) is 2.94.